The van der Waals surface area contributed by atoms with Gasteiger partial charge in [0, 0.05) is 12.1 Å². The maximum absolute atomic E-state index is 9.70. The monoisotopic (exact) mass is 273 g/mol. The lowest BCUT2D eigenvalue weighted by Gasteiger charge is -2.16. The molecule has 0 heterocycles. The minimum atomic E-state index is -0.532. The van der Waals surface area contributed by atoms with Crippen LogP contribution in [0.1, 0.15) is 18.9 Å². The molecular weight excluding hydrogens is 254 g/mol. The zero-order valence-electron chi connectivity index (χ0n) is 10.9. The molecule has 0 aliphatic carbocycles. The molecule has 0 aliphatic rings. The van der Waals surface area contributed by atoms with Crippen LogP contribution in [0.5, 0.6) is 11.5 Å². The molecule has 0 saturated carbocycles. The minimum absolute atomic E-state index is 0.246. The summed E-state index contributed by atoms with van der Waals surface area (Å²) in [5.74, 6) is 1.28. The van der Waals surface area contributed by atoms with Gasteiger partial charge in [-0.2, -0.15) is 0 Å². The Morgan fingerprint density at radius 2 is 1.89 bits per heavy atom. The molecule has 18 heavy (non-hydrogen) atoms. The average Bonchev–Trinajstić information content (AvgIpc) is 2.35. The summed E-state index contributed by atoms with van der Waals surface area (Å²) in [4.78, 5) is 0. The first-order valence-corrected chi connectivity index (χ1v) is 6.21. The van der Waals surface area contributed by atoms with E-state index in [2.05, 4.69) is 0 Å². The molecule has 1 aromatic rings. The van der Waals surface area contributed by atoms with Gasteiger partial charge in [0.05, 0.1) is 25.3 Å². The predicted octanol–water partition coefficient (Wildman–Crippen LogP) is 2.00. The van der Waals surface area contributed by atoms with Crippen LogP contribution in [0.2, 0.25) is 5.02 Å². The summed E-state index contributed by atoms with van der Waals surface area (Å²) in [6.07, 6.45) is 0.683. The minimum Gasteiger partial charge on any atom is -0.496 e. The standard InChI is InChI=1S/C13H20ClNO3/c1-8(15)11(16)5-4-9-6-10(14)13(18-3)7-12(9)17-2/h6-8,11,16H,4-5,15H2,1-3H3. The molecule has 1 rings (SSSR count). The summed E-state index contributed by atoms with van der Waals surface area (Å²) in [5.41, 5.74) is 6.55. The van der Waals surface area contributed by atoms with Gasteiger partial charge in [0.15, 0.2) is 0 Å². The number of hydrogen-bond acceptors (Lipinski definition) is 4. The van der Waals surface area contributed by atoms with Crippen molar-refractivity contribution in [3.05, 3.63) is 22.7 Å². The highest BCUT2D eigenvalue weighted by molar-refractivity contribution is 6.32. The number of aryl methyl sites for hydroxylation is 1. The van der Waals surface area contributed by atoms with Crippen LogP contribution in [-0.2, 0) is 6.42 Å². The molecule has 1 aromatic carbocycles. The van der Waals surface area contributed by atoms with Crippen LogP contribution < -0.4 is 15.2 Å². The number of halogens is 1. The van der Waals surface area contributed by atoms with Gasteiger partial charge in [0.2, 0.25) is 0 Å². The first-order valence-electron chi connectivity index (χ1n) is 5.83. The van der Waals surface area contributed by atoms with Gasteiger partial charge in [0.25, 0.3) is 0 Å². The maximum atomic E-state index is 9.70. The second-order valence-corrected chi connectivity index (χ2v) is 4.67. The van der Waals surface area contributed by atoms with E-state index < -0.39 is 6.10 Å². The zero-order valence-corrected chi connectivity index (χ0v) is 11.7. The Labute approximate surface area is 113 Å². The molecular formula is C13H20ClNO3. The predicted molar refractivity (Wildman–Crippen MR) is 72.5 cm³/mol. The lowest BCUT2D eigenvalue weighted by Crippen LogP contribution is -2.31. The van der Waals surface area contributed by atoms with Gasteiger partial charge >= 0.3 is 0 Å². The van der Waals surface area contributed by atoms with Crippen molar-refractivity contribution in [2.45, 2.75) is 31.9 Å². The summed E-state index contributed by atoms with van der Waals surface area (Å²) in [5, 5.41) is 10.2. The Hall–Kier alpha value is -0.970. The van der Waals surface area contributed by atoms with E-state index in [0.717, 1.165) is 5.56 Å². The van der Waals surface area contributed by atoms with Crippen molar-refractivity contribution < 1.29 is 14.6 Å². The second kappa shape index (κ2) is 6.83. The van der Waals surface area contributed by atoms with Crippen molar-refractivity contribution in [2.24, 2.45) is 5.73 Å². The summed E-state index contributed by atoms with van der Waals surface area (Å²) in [6.45, 7) is 1.78. The van der Waals surface area contributed by atoms with Crippen molar-refractivity contribution in [1.29, 1.82) is 0 Å². The third-order valence-electron chi connectivity index (χ3n) is 2.87. The Morgan fingerprint density at radius 1 is 1.28 bits per heavy atom. The normalized spacial score (nSPS) is 14.1. The molecule has 5 heteroatoms. The highest BCUT2D eigenvalue weighted by Crippen LogP contribution is 2.33. The third-order valence-corrected chi connectivity index (χ3v) is 3.17. The van der Waals surface area contributed by atoms with Crippen LogP contribution >= 0.6 is 11.6 Å². The van der Waals surface area contributed by atoms with Crippen LogP contribution in [0.25, 0.3) is 0 Å². The number of rotatable bonds is 6. The number of aliphatic hydroxyl groups is 1. The van der Waals surface area contributed by atoms with Gasteiger partial charge in [-0.25, -0.2) is 0 Å². The quantitative estimate of drug-likeness (QED) is 0.832. The first kappa shape index (κ1) is 15.1. The summed E-state index contributed by atoms with van der Waals surface area (Å²) >= 11 is 6.07. The van der Waals surface area contributed by atoms with Crippen LogP contribution in [0.15, 0.2) is 12.1 Å². The van der Waals surface area contributed by atoms with Gasteiger partial charge in [-0.1, -0.05) is 11.6 Å². The van der Waals surface area contributed by atoms with E-state index in [1.807, 2.05) is 0 Å². The third kappa shape index (κ3) is 3.77. The van der Waals surface area contributed by atoms with Crippen LogP contribution in [0.4, 0.5) is 0 Å². The van der Waals surface area contributed by atoms with E-state index in [9.17, 15) is 5.11 Å². The molecule has 4 nitrogen and oxygen atoms in total. The molecule has 0 aromatic heterocycles. The topological polar surface area (TPSA) is 64.7 Å². The second-order valence-electron chi connectivity index (χ2n) is 4.26. The fourth-order valence-corrected chi connectivity index (χ4v) is 1.95. The molecule has 0 radical (unpaired) electrons. The number of methoxy groups -OCH3 is 2. The van der Waals surface area contributed by atoms with Crippen molar-refractivity contribution in [3.63, 3.8) is 0 Å². The molecule has 2 atom stereocenters. The van der Waals surface area contributed by atoms with E-state index in [-0.39, 0.29) is 6.04 Å². The number of benzene rings is 1. The van der Waals surface area contributed by atoms with Crippen molar-refractivity contribution in [3.8, 4) is 11.5 Å². The molecule has 0 fully saturated rings. The summed E-state index contributed by atoms with van der Waals surface area (Å²) in [7, 11) is 3.15. The Balaban J connectivity index is 2.85. The van der Waals surface area contributed by atoms with Crippen LogP contribution in [-0.4, -0.2) is 31.5 Å². The fourth-order valence-electron chi connectivity index (χ4n) is 1.68. The number of ether oxygens (including phenoxy) is 2. The smallest absolute Gasteiger partial charge is 0.141 e. The van der Waals surface area contributed by atoms with E-state index in [1.54, 1.807) is 33.3 Å². The van der Waals surface area contributed by atoms with Crippen molar-refractivity contribution in [1.82, 2.24) is 0 Å². The Bertz CT molecular complexity index is 396. The van der Waals surface area contributed by atoms with E-state index in [1.165, 1.54) is 0 Å². The zero-order chi connectivity index (χ0) is 13.7. The summed E-state index contributed by atoms with van der Waals surface area (Å²) in [6, 6.07) is 3.30. The lowest BCUT2D eigenvalue weighted by atomic mass is 10.0. The average molecular weight is 274 g/mol. The molecule has 2 unspecified atom stereocenters. The SMILES string of the molecule is COc1cc(OC)c(CCC(O)C(C)N)cc1Cl. The van der Waals surface area contributed by atoms with E-state index in [0.29, 0.717) is 29.4 Å². The molecule has 0 aliphatic heterocycles. The maximum Gasteiger partial charge on any atom is 0.141 e. The highest BCUT2D eigenvalue weighted by Gasteiger charge is 2.14. The molecule has 0 bridgehead atoms. The molecule has 0 amide bonds. The van der Waals surface area contributed by atoms with Crippen LogP contribution in [0.3, 0.4) is 0 Å². The van der Waals surface area contributed by atoms with Gasteiger partial charge in [-0.05, 0) is 31.4 Å². The van der Waals surface area contributed by atoms with Gasteiger partial charge in [-0.15, -0.1) is 0 Å². The van der Waals surface area contributed by atoms with Crippen molar-refractivity contribution >= 4 is 11.6 Å². The number of aliphatic hydroxyl groups excluding tert-OH is 1. The number of hydrogen-bond donors (Lipinski definition) is 2. The van der Waals surface area contributed by atoms with E-state index >= 15 is 0 Å². The molecule has 0 saturated heterocycles. The van der Waals surface area contributed by atoms with Crippen molar-refractivity contribution in [2.75, 3.05) is 14.2 Å². The van der Waals surface area contributed by atoms with Gasteiger partial charge < -0.3 is 20.3 Å². The van der Waals surface area contributed by atoms with Gasteiger partial charge in [0.1, 0.15) is 11.5 Å². The van der Waals surface area contributed by atoms with E-state index in [4.69, 9.17) is 26.8 Å². The number of nitrogens with two attached hydrogens (primary N) is 1. The largest absolute Gasteiger partial charge is 0.496 e. The lowest BCUT2D eigenvalue weighted by molar-refractivity contribution is 0.141. The van der Waals surface area contributed by atoms with Crippen LogP contribution in [0, 0.1) is 0 Å². The molecule has 102 valence electrons. The highest BCUT2D eigenvalue weighted by atomic mass is 35.5. The Kier molecular flexibility index (Phi) is 5.72. The van der Waals surface area contributed by atoms with Gasteiger partial charge in [-0.3, -0.25) is 0 Å². The molecule has 0 spiro atoms. The molecule has 3 N–H and O–H groups in total. The Morgan fingerprint density at radius 3 is 2.39 bits per heavy atom. The summed E-state index contributed by atoms with van der Waals surface area (Å²) < 4.78 is 10.4. The first-order chi connectivity index (χ1) is 8.49. The fraction of sp³-hybridized carbons (Fsp3) is 0.538.